The van der Waals surface area contributed by atoms with E-state index in [0.717, 1.165) is 17.9 Å². The normalized spacial score (nSPS) is 9.85. The number of hydrogen-bond acceptors (Lipinski definition) is 5. The lowest BCUT2D eigenvalue weighted by Gasteiger charge is -2.10. The highest BCUT2D eigenvalue weighted by atomic mass is 15.3. The summed E-state index contributed by atoms with van der Waals surface area (Å²) in [7, 11) is 0. The SMILES string of the molecule is CCNc1nc(C)nc(NN)c1C. The van der Waals surface area contributed by atoms with Gasteiger partial charge >= 0.3 is 0 Å². The van der Waals surface area contributed by atoms with E-state index in [1.54, 1.807) is 0 Å². The Labute approximate surface area is 77.7 Å². The average molecular weight is 181 g/mol. The molecule has 0 aromatic carbocycles. The van der Waals surface area contributed by atoms with E-state index in [4.69, 9.17) is 5.84 Å². The number of nitrogens with two attached hydrogens (primary N) is 1. The second-order valence-electron chi connectivity index (χ2n) is 2.77. The molecule has 4 N–H and O–H groups in total. The smallest absolute Gasteiger partial charge is 0.148 e. The van der Waals surface area contributed by atoms with Crippen molar-refractivity contribution in [3.8, 4) is 0 Å². The molecule has 0 spiro atoms. The highest BCUT2D eigenvalue weighted by Crippen LogP contribution is 2.18. The number of aromatic nitrogens is 2. The largest absolute Gasteiger partial charge is 0.370 e. The van der Waals surface area contributed by atoms with E-state index in [-0.39, 0.29) is 0 Å². The van der Waals surface area contributed by atoms with Crippen molar-refractivity contribution in [1.82, 2.24) is 9.97 Å². The van der Waals surface area contributed by atoms with E-state index in [1.807, 2.05) is 20.8 Å². The fourth-order valence-electron chi connectivity index (χ4n) is 1.11. The van der Waals surface area contributed by atoms with Gasteiger partial charge in [0.25, 0.3) is 0 Å². The van der Waals surface area contributed by atoms with E-state index in [9.17, 15) is 0 Å². The Morgan fingerprint density at radius 3 is 2.38 bits per heavy atom. The van der Waals surface area contributed by atoms with Gasteiger partial charge in [-0.05, 0) is 20.8 Å². The van der Waals surface area contributed by atoms with Crippen LogP contribution in [0.25, 0.3) is 0 Å². The van der Waals surface area contributed by atoms with Crippen molar-refractivity contribution in [2.24, 2.45) is 5.84 Å². The number of hydrogen-bond donors (Lipinski definition) is 3. The van der Waals surface area contributed by atoms with Crippen molar-refractivity contribution >= 4 is 11.6 Å². The lowest BCUT2D eigenvalue weighted by atomic mass is 10.3. The zero-order valence-electron chi connectivity index (χ0n) is 8.18. The molecule has 0 fully saturated rings. The highest BCUT2D eigenvalue weighted by molar-refractivity contribution is 5.56. The first kappa shape index (κ1) is 9.73. The van der Waals surface area contributed by atoms with E-state index in [1.165, 1.54) is 0 Å². The van der Waals surface area contributed by atoms with Crippen LogP contribution in [0.2, 0.25) is 0 Å². The number of aryl methyl sites for hydroxylation is 1. The number of nitrogens with one attached hydrogen (secondary N) is 2. The second-order valence-corrected chi connectivity index (χ2v) is 2.77. The number of rotatable bonds is 3. The van der Waals surface area contributed by atoms with Crippen LogP contribution >= 0.6 is 0 Å². The molecule has 0 atom stereocenters. The van der Waals surface area contributed by atoms with Gasteiger partial charge in [0.05, 0.1) is 0 Å². The molecule has 0 amide bonds. The fourth-order valence-corrected chi connectivity index (χ4v) is 1.11. The summed E-state index contributed by atoms with van der Waals surface area (Å²) in [5, 5.41) is 3.14. The van der Waals surface area contributed by atoms with Crippen LogP contribution in [0, 0.1) is 13.8 Å². The number of anilines is 2. The number of nitrogen functional groups attached to an aromatic ring is 1. The molecule has 72 valence electrons. The summed E-state index contributed by atoms with van der Waals surface area (Å²) in [6, 6.07) is 0. The number of hydrazine groups is 1. The molecule has 5 nitrogen and oxygen atoms in total. The first-order valence-corrected chi connectivity index (χ1v) is 4.24. The lowest BCUT2D eigenvalue weighted by Crippen LogP contribution is -2.13. The van der Waals surface area contributed by atoms with Gasteiger partial charge < -0.3 is 10.7 Å². The summed E-state index contributed by atoms with van der Waals surface area (Å²) in [5.74, 6) is 7.53. The van der Waals surface area contributed by atoms with Crippen molar-refractivity contribution in [2.45, 2.75) is 20.8 Å². The minimum absolute atomic E-state index is 0.670. The van der Waals surface area contributed by atoms with Gasteiger partial charge in [0.15, 0.2) is 0 Å². The summed E-state index contributed by atoms with van der Waals surface area (Å²) < 4.78 is 0. The van der Waals surface area contributed by atoms with Crippen LogP contribution in [-0.4, -0.2) is 16.5 Å². The molecular formula is C8H15N5. The molecule has 1 aromatic rings. The lowest BCUT2D eigenvalue weighted by molar-refractivity contribution is 1.01. The number of nitrogens with zero attached hydrogens (tertiary/aromatic N) is 2. The average Bonchev–Trinajstić information content (AvgIpc) is 2.11. The Morgan fingerprint density at radius 2 is 1.85 bits per heavy atom. The molecule has 0 saturated heterocycles. The van der Waals surface area contributed by atoms with Crippen molar-refractivity contribution in [2.75, 3.05) is 17.3 Å². The summed E-state index contributed by atoms with van der Waals surface area (Å²) in [6.45, 7) is 6.61. The van der Waals surface area contributed by atoms with Crippen LogP contribution in [0.1, 0.15) is 18.3 Å². The molecule has 5 heteroatoms. The van der Waals surface area contributed by atoms with Crippen LogP contribution in [0.4, 0.5) is 11.6 Å². The van der Waals surface area contributed by atoms with Crippen molar-refractivity contribution in [1.29, 1.82) is 0 Å². The quantitative estimate of drug-likeness (QED) is 0.475. The molecule has 0 unspecified atom stereocenters. The maximum atomic E-state index is 5.32. The maximum absolute atomic E-state index is 5.32. The topological polar surface area (TPSA) is 75.9 Å². The van der Waals surface area contributed by atoms with E-state index in [0.29, 0.717) is 11.6 Å². The minimum Gasteiger partial charge on any atom is -0.370 e. The Morgan fingerprint density at radius 1 is 1.23 bits per heavy atom. The van der Waals surface area contributed by atoms with E-state index < -0.39 is 0 Å². The monoisotopic (exact) mass is 181 g/mol. The van der Waals surface area contributed by atoms with Gasteiger partial charge in [-0.2, -0.15) is 0 Å². The molecule has 0 aliphatic carbocycles. The highest BCUT2D eigenvalue weighted by Gasteiger charge is 2.06. The standard InChI is InChI=1S/C8H15N5/c1-4-10-7-5(2)8(13-9)12-6(3)11-7/h4,9H2,1-3H3,(H2,10,11,12,13). The molecule has 13 heavy (non-hydrogen) atoms. The molecule has 1 heterocycles. The molecule has 0 saturated carbocycles. The zero-order chi connectivity index (χ0) is 9.84. The third-order valence-corrected chi connectivity index (χ3v) is 1.74. The van der Waals surface area contributed by atoms with Crippen molar-refractivity contribution < 1.29 is 0 Å². The summed E-state index contributed by atoms with van der Waals surface area (Å²) >= 11 is 0. The molecule has 0 bridgehead atoms. The molecule has 1 aromatic heterocycles. The molecule has 0 aliphatic rings. The van der Waals surface area contributed by atoms with Crippen molar-refractivity contribution in [3.05, 3.63) is 11.4 Å². The van der Waals surface area contributed by atoms with Gasteiger partial charge in [-0.15, -0.1) is 0 Å². The van der Waals surface area contributed by atoms with Crippen LogP contribution in [-0.2, 0) is 0 Å². The summed E-state index contributed by atoms with van der Waals surface area (Å²) in [5.41, 5.74) is 3.48. The zero-order valence-corrected chi connectivity index (χ0v) is 8.18. The molecule has 0 radical (unpaired) electrons. The van der Waals surface area contributed by atoms with Crippen LogP contribution in [0.3, 0.4) is 0 Å². The third kappa shape index (κ3) is 2.06. The molecular weight excluding hydrogens is 166 g/mol. The summed E-state index contributed by atoms with van der Waals surface area (Å²) in [6.07, 6.45) is 0. The Bertz CT molecular complexity index is 297. The minimum atomic E-state index is 0.670. The van der Waals surface area contributed by atoms with Gasteiger partial charge in [-0.3, -0.25) is 0 Å². The third-order valence-electron chi connectivity index (χ3n) is 1.74. The Kier molecular flexibility index (Phi) is 3.02. The van der Waals surface area contributed by atoms with Gasteiger partial charge in [-0.25, -0.2) is 15.8 Å². The van der Waals surface area contributed by atoms with Gasteiger partial charge in [0, 0.05) is 12.1 Å². The predicted molar refractivity (Wildman–Crippen MR) is 53.5 cm³/mol. The van der Waals surface area contributed by atoms with Crippen LogP contribution < -0.4 is 16.6 Å². The van der Waals surface area contributed by atoms with Crippen molar-refractivity contribution in [3.63, 3.8) is 0 Å². The first-order chi connectivity index (χ1) is 6.19. The fraction of sp³-hybridized carbons (Fsp3) is 0.500. The predicted octanol–water partition coefficient (Wildman–Crippen LogP) is 0.811. The maximum Gasteiger partial charge on any atom is 0.148 e. The van der Waals surface area contributed by atoms with Gasteiger partial charge in [0.1, 0.15) is 17.5 Å². The van der Waals surface area contributed by atoms with Crippen LogP contribution in [0.5, 0.6) is 0 Å². The van der Waals surface area contributed by atoms with E-state index in [2.05, 4.69) is 20.7 Å². The van der Waals surface area contributed by atoms with E-state index >= 15 is 0 Å². The molecule has 0 aliphatic heterocycles. The van der Waals surface area contributed by atoms with Crippen LogP contribution in [0.15, 0.2) is 0 Å². The summed E-state index contributed by atoms with van der Waals surface area (Å²) in [4.78, 5) is 8.40. The van der Waals surface area contributed by atoms with Gasteiger partial charge in [-0.1, -0.05) is 0 Å². The Balaban J connectivity index is 3.11. The second kappa shape index (κ2) is 4.04. The molecule has 1 rings (SSSR count). The van der Waals surface area contributed by atoms with Gasteiger partial charge in [0.2, 0.25) is 0 Å². The Hall–Kier alpha value is -1.36. The first-order valence-electron chi connectivity index (χ1n) is 4.24.